The Morgan fingerprint density at radius 1 is 1.11 bits per heavy atom. The molecule has 0 bridgehead atoms. The van der Waals surface area contributed by atoms with Crippen molar-refractivity contribution in [1.82, 2.24) is 10.2 Å². The number of carbonyl (C=O) groups excluding carboxylic acids is 2. The van der Waals surface area contributed by atoms with Crippen LogP contribution in [0.3, 0.4) is 0 Å². The van der Waals surface area contributed by atoms with Gasteiger partial charge >= 0.3 is 6.18 Å². The molecule has 2 atom stereocenters. The molecule has 3 aromatic rings. The lowest BCUT2D eigenvalue weighted by Crippen LogP contribution is -2.46. The summed E-state index contributed by atoms with van der Waals surface area (Å²) in [5.41, 5.74) is -0.618. The lowest BCUT2D eigenvalue weighted by molar-refractivity contribution is -0.787. The number of amides is 3. The zero-order valence-corrected chi connectivity index (χ0v) is 21.0. The van der Waals surface area contributed by atoms with Crippen LogP contribution in [0.15, 0.2) is 59.3 Å². The topological polar surface area (TPSA) is 105 Å². The number of anilines is 2. The van der Waals surface area contributed by atoms with Crippen molar-refractivity contribution in [2.75, 3.05) is 24.7 Å². The summed E-state index contributed by atoms with van der Waals surface area (Å²) in [6.07, 6.45) is 0.694. The van der Waals surface area contributed by atoms with Crippen molar-refractivity contribution in [2.45, 2.75) is 50.4 Å². The average Bonchev–Trinajstić information content (AvgIpc) is 3.32. The Balaban J connectivity index is 1.42. The van der Waals surface area contributed by atoms with E-state index in [-0.39, 0.29) is 29.7 Å². The lowest BCUT2D eigenvalue weighted by Gasteiger charge is -2.29. The third-order valence-corrected chi connectivity index (χ3v) is 6.41. The second kappa shape index (κ2) is 11.6. The Bertz CT molecular complexity index is 1260. The number of carbonyl (C=O) groups is 2. The number of hydrogen-bond acceptors (Lipinski definition) is 5. The number of nitrogens with zero attached hydrogens (tertiary/aromatic N) is 4. The number of hydrogen-bond donors (Lipinski definition) is 2. The van der Waals surface area contributed by atoms with Crippen LogP contribution in [-0.4, -0.2) is 42.2 Å². The van der Waals surface area contributed by atoms with Gasteiger partial charge in [-0.05, 0) is 61.1 Å². The lowest BCUT2D eigenvalue weighted by atomic mass is 9.90. The van der Waals surface area contributed by atoms with E-state index < -0.39 is 23.7 Å². The molecule has 1 fully saturated rings. The molecule has 9 nitrogen and oxygen atoms in total. The summed E-state index contributed by atoms with van der Waals surface area (Å²) in [6, 6.07) is 11.2. The molecule has 1 aromatic heterocycles. The highest BCUT2D eigenvalue weighted by Gasteiger charge is 2.32. The van der Waals surface area contributed by atoms with Crippen LogP contribution >= 0.6 is 0 Å². The third-order valence-electron chi connectivity index (χ3n) is 6.41. The standard InChI is InChI=1S/C26H29F3N6O3/c1-34(2)21-9-6-10-22(15-21)35-16-24(38-33-35)32-25(37)31-20-13-18(26(27,28)29)12-19(14-20)30-23(36)11-17-7-4-3-5-8-17/h3-5,7-8,12-14,16,21-22H,6,9-11,15H2,1-2H3,(H2-,30,31,32,33,36,37)/t21-,22+/m0/s1. The van der Waals surface area contributed by atoms with Crippen LogP contribution in [0.5, 0.6) is 0 Å². The monoisotopic (exact) mass is 530 g/mol. The summed E-state index contributed by atoms with van der Waals surface area (Å²) in [7, 11) is 4.05. The van der Waals surface area contributed by atoms with Gasteiger partial charge in [0.15, 0.2) is 17.3 Å². The Kier molecular flexibility index (Phi) is 8.30. The smallest absolute Gasteiger partial charge is 0.416 e. The predicted octanol–water partition coefficient (Wildman–Crippen LogP) is 5.44. The molecule has 2 aromatic carbocycles. The first-order chi connectivity index (χ1) is 18.1. The van der Waals surface area contributed by atoms with Gasteiger partial charge < -0.3 is 25.4 Å². The molecular weight excluding hydrogens is 501 g/mol. The van der Waals surface area contributed by atoms with Crippen LogP contribution in [0.2, 0.25) is 0 Å². The Morgan fingerprint density at radius 2 is 1.82 bits per heavy atom. The molecule has 38 heavy (non-hydrogen) atoms. The van der Waals surface area contributed by atoms with E-state index in [1.807, 2.05) is 14.1 Å². The van der Waals surface area contributed by atoms with Crippen molar-refractivity contribution in [1.29, 1.82) is 0 Å². The summed E-state index contributed by atoms with van der Waals surface area (Å²) in [5, 5.41) is 12.5. The van der Waals surface area contributed by atoms with E-state index in [1.165, 1.54) is 12.3 Å². The zero-order chi connectivity index (χ0) is 27.3. The number of rotatable bonds is 7. The maximum absolute atomic E-state index is 13.5. The number of benzene rings is 2. The van der Waals surface area contributed by atoms with Crippen molar-refractivity contribution < 1.29 is 32.0 Å². The number of alkyl halides is 3. The quantitative estimate of drug-likeness (QED) is 0.396. The van der Waals surface area contributed by atoms with Gasteiger partial charge in [-0.15, -0.1) is 0 Å². The van der Waals surface area contributed by atoms with Crippen molar-refractivity contribution in [3.63, 3.8) is 0 Å². The summed E-state index contributed by atoms with van der Waals surface area (Å²) >= 11 is 0. The molecule has 1 saturated carbocycles. The Hall–Kier alpha value is -3.93. The van der Waals surface area contributed by atoms with Crippen molar-refractivity contribution in [3.05, 3.63) is 71.2 Å². The predicted molar refractivity (Wildman–Crippen MR) is 134 cm³/mol. The Morgan fingerprint density at radius 3 is 2.50 bits per heavy atom. The highest BCUT2D eigenvalue weighted by molar-refractivity contribution is 6.04. The van der Waals surface area contributed by atoms with E-state index in [2.05, 4.69) is 26.1 Å². The van der Waals surface area contributed by atoms with E-state index in [0.717, 1.165) is 37.8 Å². The van der Waals surface area contributed by atoms with Gasteiger partial charge in [-0.2, -0.15) is 13.2 Å². The molecule has 4 rings (SSSR count). The third kappa shape index (κ3) is 7.31. The molecule has 0 aliphatic heterocycles. The SMILES string of the molecule is CN(C)[C@H]1CCC[C@@H]([n+]2cc([N-]C(=O)Nc3cc(NC(=O)Cc4ccccc4)cc(C(F)(F)F)c3)on2)C1. The molecule has 0 saturated heterocycles. The van der Waals surface area contributed by atoms with E-state index in [1.54, 1.807) is 35.0 Å². The summed E-state index contributed by atoms with van der Waals surface area (Å²) in [6.45, 7) is 0. The van der Waals surface area contributed by atoms with Crippen molar-refractivity contribution in [3.8, 4) is 0 Å². The fourth-order valence-electron chi connectivity index (χ4n) is 4.49. The summed E-state index contributed by atoms with van der Waals surface area (Å²) in [5.74, 6) is -0.569. The first kappa shape index (κ1) is 27.1. The van der Waals surface area contributed by atoms with Crippen LogP contribution in [0.1, 0.15) is 42.9 Å². The fourth-order valence-corrected chi connectivity index (χ4v) is 4.49. The van der Waals surface area contributed by atoms with Gasteiger partial charge in [0.2, 0.25) is 18.0 Å². The van der Waals surface area contributed by atoms with Gasteiger partial charge in [0.05, 0.1) is 12.0 Å². The van der Waals surface area contributed by atoms with Gasteiger partial charge in [0, 0.05) is 24.6 Å². The minimum absolute atomic E-state index is 0.0180. The van der Waals surface area contributed by atoms with Crippen molar-refractivity contribution >= 4 is 29.2 Å². The maximum atomic E-state index is 13.5. The van der Waals surface area contributed by atoms with E-state index >= 15 is 0 Å². The molecule has 202 valence electrons. The molecule has 1 heterocycles. The number of halogens is 3. The summed E-state index contributed by atoms with van der Waals surface area (Å²) in [4.78, 5) is 27.0. The van der Waals surface area contributed by atoms with Crippen LogP contribution in [0, 0.1) is 0 Å². The number of urea groups is 1. The molecule has 0 spiro atoms. The molecule has 2 N–H and O–H groups in total. The molecule has 1 aliphatic carbocycles. The van der Waals surface area contributed by atoms with Gasteiger partial charge in [0.1, 0.15) is 0 Å². The Labute approximate surface area is 218 Å². The first-order valence-corrected chi connectivity index (χ1v) is 12.2. The average molecular weight is 531 g/mol. The molecule has 0 unspecified atom stereocenters. The van der Waals surface area contributed by atoms with Crippen LogP contribution in [0.25, 0.3) is 5.32 Å². The van der Waals surface area contributed by atoms with Crippen LogP contribution in [-0.2, 0) is 17.4 Å². The van der Waals surface area contributed by atoms with E-state index in [0.29, 0.717) is 11.6 Å². The largest absolute Gasteiger partial charge is 0.424 e. The highest BCUT2D eigenvalue weighted by Crippen LogP contribution is 2.34. The minimum atomic E-state index is -4.70. The van der Waals surface area contributed by atoms with Crippen LogP contribution < -0.4 is 15.3 Å². The molecule has 12 heteroatoms. The second-order valence-corrected chi connectivity index (χ2v) is 9.51. The second-order valence-electron chi connectivity index (χ2n) is 9.51. The maximum Gasteiger partial charge on any atom is 0.416 e. The molecule has 0 radical (unpaired) electrons. The molecule has 1 aliphatic rings. The number of aromatic nitrogens is 2. The number of nitrogens with one attached hydrogen (secondary N) is 2. The van der Waals surface area contributed by atoms with E-state index in [4.69, 9.17) is 4.52 Å². The van der Waals surface area contributed by atoms with Crippen molar-refractivity contribution in [2.24, 2.45) is 0 Å². The summed E-state index contributed by atoms with van der Waals surface area (Å²) < 4.78 is 47.3. The normalized spacial score (nSPS) is 17.7. The minimum Gasteiger partial charge on any atom is -0.424 e. The van der Waals surface area contributed by atoms with Gasteiger partial charge in [0.25, 0.3) is 0 Å². The van der Waals surface area contributed by atoms with Crippen LogP contribution in [0.4, 0.5) is 35.2 Å². The molecular formula is C26H29F3N6O3. The molecule has 3 amide bonds. The highest BCUT2D eigenvalue weighted by atomic mass is 19.4. The first-order valence-electron chi connectivity index (χ1n) is 12.2. The van der Waals surface area contributed by atoms with Gasteiger partial charge in [-0.1, -0.05) is 30.3 Å². The fraction of sp³-hybridized carbons (Fsp3) is 0.385. The van der Waals surface area contributed by atoms with Gasteiger partial charge in [-0.3, -0.25) is 9.59 Å². The van der Waals surface area contributed by atoms with Gasteiger partial charge in [-0.25, -0.2) is 0 Å². The zero-order valence-electron chi connectivity index (χ0n) is 21.0. The van der Waals surface area contributed by atoms with E-state index in [9.17, 15) is 22.8 Å².